The van der Waals surface area contributed by atoms with Crippen LogP contribution in [0.4, 0.5) is 0 Å². The number of rotatable bonds is 0. The first-order valence-electron chi connectivity index (χ1n) is 3.63. The first-order valence-corrected chi connectivity index (χ1v) is 3.63. The molecule has 0 amide bonds. The van der Waals surface area contributed by atoms with Gasteiger partial charge in [0.15, 0.2) is 0 Å². The van der Waals surface area contributed by atoms with E-state index in [1.165, 1.54) is 0 Å². The second kappa shape index (κ2) is 36.2. The monoisotopic (exact) mass is 334 g/mol. The topological polar surface area (TPSA) is 192 Å². The Kier molecular flexibility index (Phi) is 81.4. The van der Waals surface area contributed by atoms with Crippen LogP contribution in [-0.4, -0.2) is 105 Å². The molecule has 0 saturated carbocycles. The van der Waals surface area contributed by atoms with Crippen molar-refractivity contribution in [3.8, 4) is 0 Å². The summed E-state index contributed by atoms with van der Waals surface area (Å²) in [7, 11) is 0. The second-order valence-corrected chi connectivity index (χ2v) is 1.97. The van der Waals surface area contributed by atoms with Crippen LogP contribution in [0.5, 0.6) is 0 Å². The molecule has 11 heteroatoms. The second-order valence-electron chi connectivity index (χ2n) is 1.97. The Morgan fingerprint density at radius 1 is 0.526 bits per heavy atom. The molecule has 0 aliphatic carbocycles. The molecular weight excluding hydrogens is 320 g/mol. The van der Waals surface area contributed by atoms with Gasteiger partial charge in [-0.2, -0.15) is 0 Å². The van der Waals surface area contributed by atoms with Crippen LogP contribution < -0.4 is 20.4 Å². The molecule has 0 unspecified atom stereocenters. The molecule has 9 nitrogen and oxygen atoms in total. The molecule has 0 aromatic heterocycles. The maximum absolute atomic E-state index is 8.89. The summed E-state index contributed by atoms with van der Waals surface area (Å²) < 4.78 is 0. The third-order valence-corrected chi connectivity index (χ3v) is 0. The zero-order valence-electron chi connectivity index (χ0n) is 11.2. The number of hydrogen-bond acceptors (Lipinski definition) is 8. The van der Waals surface area contributed by atoms with Gasteiger partial charge in [-0.3, -0.25) is 0 Å². The number of carbonyl (C=O) groups excluding carboxylic acids is 4. The molecule has 0 atom stereocenters. The van der Waals surface area contributed by atoms with Crippen LogP contribution in [-0.2, 0) is 19.2 Å². The molecule has 0 heterocycles. The predicted molar refractivity (Wildman–Crippen MR) is 57.8 cm³/mol. The summed E-state index contributed by atoms with van der Waals surface area (Å²) in [5, 5.41) is 35.6. The molecule has 0 fully saturated rings. The van der Waals surface area contributed by atoms with Gasteiger partial charge >= 0.3 is 75.5 Å². The van der Waals surface area contributed by atoms with E-state index in [4.69, 9.17) is 39.6 Å². The van der Waals surface area contributed by atoms with Crippen LogP contribution in [0, 0.1) is 0 Å². The molecule has 0 rings (SSSR count). The fourth-order valence-corrected chi connectivity index (χ4v) is 0. The fourth-order valence-electron chi connectivity index (χ4n) is 0. The maximum atomic E-state index is 8.89. The molecule has 2 N–H and O–H groups in total. The zero-order chi connectivity index (χ0) is 14.3. The van der Waals surface area contributed by atoms with Gasteiger partial charge in [0.05, 0.1) is 0 Å². The molecule has 0 saturated heterocycles. The van der Waals surface area contributed by atoms with E-state index < -0.39 is 23.9 Å². The van der Waals surface area contributed by atoms with E-state index in [0.717, 1.165) is 27.7 Å². The van der Waals surface area contributed by atoms with Crippen molar-refractivity contribution >= 4 is 99.4 Å². The molecule has 0 aliphatic rings. The minimum atomic E-state index is -1.08. The average Bonchev–Trinajstić information content (AvgIpc) is 1.76. The Labute approximate surface area is 170 Å². The van der Waals surface area contributed by atoms with Crippen LogP contribution in [0.25, 0.3) is 0 Å². The van der Waals surface area contributed by atoms with Crippen LogP contribution in [0.3, 0.4) is 0 Å². The Balaban J connectivity index is -0.0000000192. The van der Waals surface area contributed by atoms with Gasteiger partial charge in [-0.1, -0.05) is 0 Å². The van der Waals surface area contributed by atoms with Gasteiger partial charge in [0, 0.05) is 23.9 Å². The van der Waals surface area contributed by atoms with Crippen molar-refractivity contribution in [3.63, 3.8) is 0 Å². The summed E-state index contributed by atoms with van der Waals surface area (Å²) in [6.07, 6.45) is 0. The van der Waals surface area contributed by atoms with Gasteiger partial charge < -0.3 is 45.1 Å². The Bertz CT molecular complexity index is 166. The van der Waals surface area contributed by atoms with Crippen molar-refractivity contribution in [2.45, 2.75) is 27.7 Å². The molecule has 19 heavy (non-hydrogen) atoms. The number of aliphatic carboxylic acids is 4. The Morgan fingerprint density at radius 3 is 0.526 bits per heavy atom. The van der Waals surface area contributed by atoms with E-state index in [1.807, 2.05) is 0 Å². The van der Waals surface area contributed by atoms with Crippen molar-refractivity contribution < 1.29 is 45.1 Å². The van der Waals surface area contributed by atoms with Crippen LogP contribution in [0.2, 0.25) is 0 Å². The van der Waals surface area contributed by atoms with Crippen molar-refractivity contribution in [2.75, 3.05) is 0 Å². The quantitative estimate of drug-likeness (QED) is 0.390. The van der Waals surface area contributed by atoms with E-state index in [-0.39, 0.29) is 81.0 Å². The van der Waals surface area contributed by atoms with E-state index in [1.54, 1.807) is 0 Å². The minimum absolute atomic E-state index is 0. The molecule has 0 bridgehead atoms. The molecule has 0 aromatic carbocycles. The van der Waals surface area contributed by atoms with Crippen molar-refractivity contribution in [2.24, 2.45) is 0 Å². The van der Waals surface area contributed by atoms with E-state index in [2.05, 4.69) is 0 Å². The fraction of sp³-hybridized carbons (Fsp3) is 0.500. The standard InChI is InChI=1S/4C2H4O2.2Ca.H2O/c4*1-2(3)4;;;/h4*1H3,(H,3,4);;;1H2/q;;;;2*+2;/p-4. The summed E-state index contributed by atoms with van der Waals surface area (Å²) in [5.41, 5.74) is 0. The van der Waals surface area contributed by atoms with Crippen LogP contribution in [0.15, 0.2) is 0 Å². The Morgan fingerprint density at radius 2 is 0.526 bits per heavy atom. The summed E-state index contributed by atoms with van der Waals surface area (Å²) in [4.78, 5) is 35.6. The SMILES string of the molecule is CC(=O)[O-].CC(=O)[O-].CC(=O)[O-].CC(=O)[O-].O.[Ca+2].[Ca+2]. The number of carbonyl (C=O) groups is 4. The summed E-state index contributed by atoms with van der Waals surface area (Å²) in [6, 6.07) is 0. The minimum Gasteiger partial charge on any atom is -0.550 e. The Hall–Kier alpha value is 0.359. The summed E-state index contributed by atoms with van der Waals surface area (Å²) in [5.74, 6) is -4.33. The number of carboxylic acid groups (broad SMARTS) is 4. The normalized spacial score (nSPS) is 5.26. The maximum Gasteiger partial charge on any atom is 2.00 e. The van der Waals surface area contributed by atoms with Gasteiger partial charge in [0.25, 0.3) is 0 Å². The third-order valence-electron chi connectivity index (χ3n) is 0. The average molecular weight is 334 g/mol. The first kappa shape index (κ1) is 42.7. The number of carboxylic acids is 4. The molecule has 0 spiro atoms. The molecule has 104 valence electrons. The van der Waals surface area contributed by atoms with E-state index in [0.29, 0.717) is 0 Å². The molecule has 0 aromatic rings. The molecule has 0 aliphatic heterocycles. The largest absolute Gasteiger partial charge is 2.00 e. The molecular formula is C8H14Ca2O9. The van der Waals surface area contributed by atoms with Crippen molar-refractivity contribution in [1.29, 1.82) is 0 Å². The van der Waals surface area contributed by atoms with Crippen LogP contribution in [0.1, 0.15) is 27.7 Å². The van der Waals surface area contributed by atoms with Gasteiger partial charge in [-0.25, -0.2) is 0 Å². The third kappa shape index (κ3) is 38000. The molecule has 0 radical (unpaired) electrons. The predicted octanol–water partition coefficient (Wildman–Crippen LogP) is -6.56. The van der Waals surface area contributed by atoms with E-state index in [9.17, 15) is 0 Å². The van der Waals surface area contributed by atoms with Crippen molar-refractivity contribution in [3.05, 3.63) is 0 Å². The van der Waals surface area contributed by atoms with Crippen LogP contribution >= 0.6 is 0 Å². The summed E-state index contributed by atoms with van der Waals surface area (Å²) in [6.45, 7) is 3.89. The smallest absolute Gasteiger partial charge is 0.550 e. The van der Waals surface area contributed by atoms with Gasteiger partial charge in [-0.05, 0) is 27.7 Å². The van der Waals surface area contributed by atoms with Gasteiger partial charge in [0.1, 0.15) is 0 Å². The first-order chi connectivity index (χ1) is 6.93. The number of hydrogen-bond donors (Lipinski definition) is 0. The summed E-state index contributed by atoms with van der Waals surface area (Å²) >= 11 is 0. The van der Waals surface area contributed by atoms with Crippen molar-refractivity contribution in [1.82, 2.24) is 0 Å². The van der Waals surface area contributed by atoms with E-state index >= 15 is 0 Å². The zero-order valence-corrected chi connectivity index (χ0v) is 15.6. The van der Waals surface area contributed by atoms with Gasteiger partial charge in [0.2, 0.25) is 0 Å². The van der Waals surface area contributed by atoms with Gasteiger partial charge in [-0.15, -0.1) is 0 Å².